The molecular formula is C15H14F3N3O2S. The number of benzene rings is 1. The van der Waals surface area contributed by atoms with Crippen LogP contribution in [0.15, 0.2) is 29.8 Å². The molecule has 0 spiro atoms. The van der Waals surface area contributed by atoms with Gasteiger partial charge in [-0.3, -0.25) is 4.79 Å². The first-order valence-electron chi connectivity index (χ1n) is 7.20. The third kappa shape index (κ3) is 3.30. The summed E-state index contributed by atoms with van der Waals surface area (Å²) in [6.45, 7) is 1.63. The summed E-state index contributed by atoms with van der Waals surface area (Å²) in [7, 11) is 0. The second-order valence-corrected chi connectivity index (χ2v) is 6.18. The zero-order valence-corrected chi connectivity index (χ0v) is 13.3. The van der Waals surface area contributed by atoms with E-state index >= 15 is 0 Å². The molecule has 0 aliphatic carbocycles. The van der Waals surface area contributed by atoms with E-state index in [-0.39, 0.29) is 5.75 Å². The van der Waals surface area contributed by atoms with E-state index in [1.54, 1.807) is 24.3 Å². The molecule has 1 aromatic heterocycles. The molecule has 1 amide bonds. The van der Waals surface area contributed by atoms with Gasteiger partial charge in [0.2, 0.25) is 0 Å². The predicted octanol–water partition coefficient (Wildman–Crippen LogP) is 2.83. The highest BCUT2D eigenvalue weighted by atomic mass is 32.1. The number of amides is 1. The molecule has 5 nitrogen and oxygen atoms in total. The van der Waals surface area contributed by atoms with Gasteiger partial charge in [0.1, 0.15) is 10.6 Å². The van der Waals surface area contributed by atoms with Gasteiger partial charge in [0.05, 0.1) is 5.51 Å². The van der Waals surface area contributed by atoms with Crippen molar-refractivity contribution < 1.29 is 23.1 Å². The van der Waals surface area contributed by atoms with Crippen LogP contribution < -0.4 is 4.90 Å². The van der Waals surface area contributed by atoms with E-state index in [0.29, 0.717) is 37.5 Å². The van der Waals surface area contributed by atoms with Crippen molar-refractivity contribution in [2.75, 3.05) is 31.1 Å². The van der Waals surface area contributed by atoms with Crippen LogP contribution in [0.4, 0.5) is 18.9 Å². The number of carbonyl (C=O) groups excluding carboxylic acids is 1. The number of rotatable bonds is 2. The van der Waals surface area contributed by atoms with Crippen LogP contribution in [0.3, 0.4) is 0 Å². The minimum Gasteiger partial charge on any atom is -0.508 e. The largest absolute Gasteiger partial charge is 0.508 e. The highest BCUT2D eigenvalue weighted by Crippen LogP contribution is 2.35. The maximum atomic E-state index is 12.9. The Hall–Kier alpha value is -2.29. The number of phenolic OH excluding ortho intramolecular Hbond substituents is 1. The summed E-state index contributed by atoms with van der Waals surface area (Å²) in [6.07, 6.45) is -4.57. The highest BCUT2D eigenvalue weighted by Gasteiger charge is 2.39. The Morgan fingerprint density at radius 1 is 1.12 bits per heavy atom. The zero-order chi connectivity index (χ0) is 17.3. The van der Waals surface area contributed by atoms with Crippen LogP contribution in [-0.2, 0) is 6.18 Å². The number of hydrogen-bond donors (Lipinski definition) is 1. The molecule has 24 heavy (non-hydrogen) atoms. The van der Waals surface area contributed by atoms with Crippen molar-refractivity contribution in [2.45, 2.75) is 6.18 Å². The number of nitrogens with zero attached hydrogens (tertiary/aromatic N) is 3. The fourth-order valence-corrected chi connectivity index (χ4v) is 3.23. The summed E-state index contributed by atoms with van der Waals surface area (Å²) in [6, 6.07) is 6.65. The van der Waals surface area contributed by atoms with Gasteiger partial charge < -0.3 is 14.9 Å². The van der Waals surface area contributed by atoms with Gasteiger partial charge in [0.15, 0.2) is 5.69 Å². The van der Waals surface area contributed by atoms with Crippen molar-refractivity contribution in [3.63, 3.8) is 0 Å². The van der Waals surface area contributed by atoms with Crippen LogP contribution in [0, 0.1) is 0 Å². The minimum atomic E-state index is -4.57. The number of thiazole rings is 1. The highest BCUT2D eigenvalue weighted by molar-refractivity contribution is 7.10. The van der Waals surface area contributed by atoms with E-state index in [4.69, 9.17) is 0 Å². The van der Waals surface area contributed by atoms with Gasteiger partial charge in [-0.25, -0.2) is 4.98 Å². The average Bonchev–Trinajstić information content (AvgIpc) is 3.05. The molecular weight excluding hydrogens is 343 g/mol. The van der Waals surface area contributed by atoms with Crippen molar-refractivity contribution in [3.05, 3.63) is 40.3 Å². The lowest BCUT2D eigenvalue weighted by Gasteiger charge is -2.36. The second-order valence-electron chi connectivity index (χ2n) is 5.32. The van der Waals surface area contributed by atoms with Gasteiger partial charge >= 0.3 is 6.18 Å². The van der Waals surface area contributed by atoms with E-state index in [1.165, 1.54) is 4.90 Å². The van der Waals surface area contributed by atoms with Gasteiger partial charge in [0, 0.05) is 31.9 Å². The maximum absolute atomic E-state index is 12.9. The molecule has 9 heteroatoms. The molecule has 128 valence electrons. The molecule has 2 aromatic rings. The van der Waals surface area contributed by atoms with Crippen molar-refractivity contribution in [1.82, 2.24) is 9.88 Å². The fraction of sp³-hybridized carbons (Fsp3) is 0.333. The first-order valence-corrected chi connectivity index (χ1v) is 8.08. The Kier molecular flexibility index (Phi) is 4.35. The number of aromatic hydroxyl groups is 1. The molecule has 0 radical (unpaired) electrons. The van der Waals surface area contributed by atoms with Gasteiger partial charge in [-0.2, -0.15) is 13.2 Å². The molecule has 1 aliphatic heterocycles. The van der Waals surface area contributed by atoms with Crippen LogP contribution in [0.2, 0.25) is 0 Å². The molecule has 0 atom stereocenters. The molecule has 1 fully saturated rings. The second kappa shape index (κ2) is 6.31. The monoisotopic (exact) mass is 357 g/mol. The Balaban J connectivity index is 1.68. The normalized spacial score (nSPS) is 15.6. The third-order valence-electron chi connectivity index (χ3n) is 3.81. The molecule has 2 heterocycles. The van der Waals surface area contributed by atoms with Gasteiger partial charge in [-0.05, 0) is 24.3 Å². The van der Waals surface area contributed by atoms with E-state index < -0.39 is 22.7 Å². The van der Waals surface area contributed by atoms with E-state index in [9.17, 15) is 23.1 Å². The zero-order valence-electron chi connectivity index (χ0n) is 12.5. The average molecular weight is 357 g/mol. The quantitative estimate of drug-likeness (QED) is 0.898. The van der Waals surface area contributed by atoms with E-state index in [0.717, 1.165) is 11.2 Å². The van der Waals surface area contributed by atoms with Crippen molar-refractivity contribution >= 4 is 22.9 Å². The summed E-state index contributed by atoms with van der Waals surface area (Å²) in [5.41, 5.74) is 1.41. The number of alkyl halides is 3. The lowest BCUT2D eigenvalue weighted by Crippen LogP contribution is -2.49. The van der Waals surface area contributed by atoms with Crippen LogP contribution in [0.1, 0.15) is 15.4 Å². The maximum Gasteiger partial charge on any atom is 0.427 e. The lowest BCUT2D eigenvalue weighted by atomic mass is 10.2. The summed E-state index contributed by atoms with van der Waals surface area (Å²) < 4.78 is 38.7. The van der Waals surface area contributed by atoms with Gasteiger partial charge in [0.25, 0.3) is 5.91 Å². The first-order chi connectivity index (χ1) is 11.4. The summed E-state index contributed by atoms with van der Waals surface area (Å²) in [5.74, 6) is -0.523. The van der Waals surface area contributed by atoms with Gasteiger partial charge in [-0.15, -0.1) is 11.3 Å². The van der Waals surface area contributed by atoms with Crippen LogP contribution in [0.25, 0.3) is 0 Å². The molecule has 0 saturated carbocycles. The van der Waals surface area contributed by atoms with E-state index in [1.807, 2.05) is 4.90 Å². The lowest BCUT2D eigenvalue weighted by molar-refractivity contribution is -0.134. The number of phenols is 1. The SMILES string of the molecule is O=C(c1ncsc1C(F)(F)F)N1CCN(c2ccc(O)cc2)CC1. The molecule has 1 aliphatic rings. The smallest absolute Gasteiger partial charge is 0.427 e. The molecule has 1 saturated heterocycles. The minimum absolute atomic E-state index is 0.163. The number of aromatic nitrogens is 1. The van der Waals surface area contributed by atoms with E-state index in [2.05, 4.69) is 4.98 Å². The number of carbonyl (C=O) groups is 1. The molecule has 0 unspecified atom stereocenters. The van der Waals surface area contributed by atoms with Gasteiger partial charge in [-0.1, -0.05) is 0 Å². The summed E-state index contributed by atoms with van der Waals surface area (Å²) >= 11 is 0.430. The standard InChI is InChI=1S/C15H14F3N3O2S/c16-15(17,18)13-12(19-9-24-13)14(23)21-7-5-20(6-8-21)10-1-3-11(22)4-2-10/h1-4,9,22H,5-8H2. The molecule has 1 aromatic carbocycles. The number of hydrogen-bond acceptors (Lipinski definition) is 5. The number of anilines is 1. The Bertz CT molecular complexity index is 722. The summed E-state index contributed by atoms with van der Waals surface area (Å²) in [4.78, 5) is 18.4. The van der Waals surface area contributed by atoms with Crippen LogP contribution in [0.5, 0.6) is 5.75 Å². The number of halogens is 3. The first kappa shape index (κ1) is 16.6. The Morgan fingerprint density at radius 3 is 2.33 bits per heavy atom. The molecule has 1 N–H and O–H groups in total. The third-order valence-corrected chi connectivity index (χ3v) is 4.68. The summed E-state index contributed by atoms with van der Waals surface area (Å²) in [5, 5.41) is 9.30. The number of piperazine rings is 1. The van der Waals surface area contributed by atoms with Crippen LogP contribution >= 0.6 is 11.3 Å². The molecule has 0 bridgehead atoms. The Labute approximate surface area is 140 Å². The predicted molar refractivity (Wildman–Crippen MR) is 83.3 cm³/mol. The fourth-order valence-electron chi connectivity index (χ4n) is 2.58. The van der Waals surface area contributed by atoms with Crippen LogP contribution in [-0.4, -0.2) is 47.1 Å². The Morgan fingerprint density at radius 2 is 1.75 bits per heavy atom. The molecule has 3 rings (SSSR count). The topological polar surface area (TPSA) is 56.7 Å². The van der Waals surface area contributed by atoms with Crippen molar-refractivity contribution in [3.8, 4) is 5.75 Å². The van der Waals surface area contributed by atoms with Crippen molar-refractivity contribution in [2.24, 2.45) is 0 Å². The van der Waals surface area contributed by atoms with Crippen molar-refractivity contribution in [1.29, 1.82) is 0 Å².